The highest BCUT2D eigenvalue weighted by atomic mass is 19.4. The zero-order valence-corrected chi connectivity index (χ0v) is 19.1. The Morgan fingerprint density at radius 2 is 1.68 bits per heavy atom. The molecule has 0 unspecified atom stereocenters. The lowest BCUT2D eigenvalue weighted by molar-refractivity contribution is -0.192. The summed E-state index contributed by atoms with van der Waals surface area (Å²) in [7, 11) is 0. The Balaban J connectivity index is 0.000000406. The quantitative estimate of drug-likeness (QED) is 0.716. The van der Waals surface area contributed by atoms with E-state index in [0.717, 1.165) is 80.4 Å². The molecule has 186 valence electrons. The van der Waals surface area contributed by atoms with Crippen molar-refractivity contribution in [1.29, 1.82) is 0 Å². The van der Waals surface area contributed by atoms with Gasteiger partial charge in [0.1, 0.15) is 5.69 Å². The molecule has 12 heteroatoms. The van der Waals surface area contributed by atoms with E-state index in [4.69, 9.17) is 14.6 Å². The van der Waals surface area contributed by atoms with Crippen molar-refractivity contribution >= 4 is 11.9 Å². The summed E-state index contributed by atoms with van der Waals surface area (Å²) in [6.45, 7) is 10.3. The first-order chi connectivity index (χ1) is 16.0. The van der Waals surface area contributed by atoms with Crippen LogP contribution < -0.4 is 0 Å². The van der Waals surface area contributed by atoms with Crippen LogP contribution in [0.25, 0.3) is 0 Å². The van der Waals surface area contributed by atoms with Crippen LogP contribution in [0.2, 0.25) is 0 Å². The van der Waals surface area contributed by atoms with Crippen molar-refractivity contribution in [3.05, 3.63) is 46.3 Å². The zero-order valence-electron chi connectivity index (χ0n) is 19.1. The van der Waals surface area contributed by atoms with Gasteiger partial charge in [-0.25, -0.2) is 9.48 Å². The van der Waals surface area contributed by atoms with E-state index in [2.05, 4.69) is 21.3 Å². The fourth-order valence-electron chi connectivity index (χ4n) is 3.94. The number of fused-ring (bicyclic) bond motifs is 1. The van der Waals surface area contributed by atoms with Crippen LogP contribution in [0.1, 0.15) is 39.3 Å². The van der Waals surface area contributed by atoms with E-state index < -0.39 is 12.1 Å². The average molecular weight is 483 g/mol. The molecule has 1 aromatic carbocycles. The molecule has 2 aliphatic heterocycles. The van der Waals surface area contributed by atoms with Crippen molar-refractivity contribution in [2.45, 2.75) is 46.1 Å². The molecule has 0 spiro atoms. The molecule has 0 saturated carbocycles. The number of morpholine rings is 1. The molecule has 0 atom stereocenters. The summed E-state index contributed by atoms with van der Waals surface area (Å²) in [6, 6.07) is 6.05. The monoisotopic (exact) mass is 483 g/mol. The van der Waals surface area contributed by atoms with Crippen molar-refractivity contribution in [3.8, 4) is 0 Å². The minimum atomic E-state index is -5.08. The summed E-state index contributed by atoms with van der Waals surface area (Å²) in [5.74, 6) is -2.67. The van der Waals surface area contributed by atoms with Crippen LogP contribution in [-0.4, -0.2) is 80.8 Å². The minimum Gasteiger partial charge on any atom is -0.475 e. The van der Waals surface area contributed by atoms with Crippen LogP contribution in [0, 0.1) is 13.8 Å². The van der Waals surface area contributed by atoms with E-state index >= 15 is 0 Å². The number of ether oxygens (including phenoxy) is 1. The van der Waals surface area contributed by atoms with Gasteiger partial charge in [-0.05, 0) is 32.4 Å². The van der Waals surface area contributed by atoms with Gasteiger partial charge in [0.25, 0.3) is 5.91 Å². The third kappa shape index (κ3) is 6.76. The topological polar surface area (TPSA) is 101 Å². The normalized spacial score (nSPS) is 16.8. The predicted molar refractivity (Wildman–Crippen MR) is 115 cm³/mol. The molecule has 4 rings (SSSR count). The molecule has 1 N–H and O–H groups in total. The number of aromatic nitrogens is 3. The van der Waals surface area contributed by atoms with Crippen LogP contribution in [-0.2, 0) is 29.2 Å². The van der Waals surface area contributed by atoms with Gasteiger partial charge in [-0.3, -0.25) is 9.69 Å². The lowest BCUT2D eigenvalue weighted by Crippen LogP contribution is -2.36. The molecule has 9 nitrogen and oxygen atoms in total. The van der Waals surface area contributed by atoms with Crippen LogP contribution >= 0.6 is 0 Å². The number of nitrogens with zero attached hydrogens (tertiary/aromatic N) is 5. The smallest absolute Gasteiger partial charge is 0.475 e. The molecule has 0 aliphatic carbocycles. The number of carboxylic acids is 1. The van der Waals surface area contributed by atoms with Crippen molar-refractivity contribution in [1.82, 2.24) is 24.8 Å². The summed E-state index contributed by atoms with van der Waals surface area (Å²) < 4.78 is 39.1. The molecular weight excluding hydrogens is 455 g/mol. The van der Waals surface area contributed by atoms with Crippen LogP contribution in [0.3, 0.4) is 0 Å². The molecule has 0 bridgehead atoms. The first kappa shape index (κ1) is 25.6. The van der Waals surface area contributed by atoms with Crippen LogP contribution in [0.4, 0.5) is 13.2 Å². The molecule has 1 amide bonds. The maximum Gasteiger partial charge on any atom is 0.490 e. The highest BCUT2D eigenvalue weighted by molar-refractivity contribution is 5.94. The number of carbonyl (C=O) groups excluding carboxylic acids is 1. The number of hydrogen-bond acceptors (Lipinski definition) is 6. The van der Waals surface area contributed by atoms with Crippen LogP contribution in [0.15, 0.2) is 18.2 Å². The Bertz CT molecular complexity index is 998. The first-order valence-electron chi connectivity index (χ1n) is 10.9. The molecule has 0 radical (unpaired) electrons. The van der Waals surface area contributed by atoms with Crippen LogP contribution in [0.5, 0.6) is 0 Å². The Hall–Kier alpha value is -2.99. The zero-order chi connectivity index (χ0) is 24.9. The fraction of sp³-hybridized carbons (Fsp3) is 0.545. The maximum absolute atomic E-state index is 13.1. The van der Waals surface area contributed by atoms with Gasteiger partial charge in [0.15, 0.2) is 0 Å². The summed E-state index contributed by atoms with van der Waals surface area (Å²) in [4.78, 5) is 26.3. The molecule has 1 saturated heterocycles. The summed E-state index contributed by atoms with van der Waals surface area (Å²) >= 11 is 0. The number of aliphatic carboxylic acids is 1. The van der Waals surface area contributed by atoms with Gasteiger partial charge in [-0.15, -0.1) is 5.10 Å². The number of alkyl halides is 3. The number of halogens is 3. The number of benzene rings is 1. The minimum absolute atomic E-state index is 0.0915. The van der Waals surface area contributed by atoms with E-state index in [-0.39, 0.29) is 5.91 Å². The van der Waals surface area contributed by atoms with E-state index in [0.29, 0.717) is 6.54 Å². The number of carboxylic acid groups (broad SMARTS) is 1. The van der Waals surface area contributed by atoms with Gasteiger partial charge >= 0.3 is 12.1 Å². The number of hydrogen-bond donors (Lipinski definition) is 1. The predicted octanol–water partition coefficient (Wildman–Crippen LogP) is 2.41. The fourth-order valence-corrected chi connectivity index (χ4v) is 3.94. The molecule has 34 heavy (non-hydrogen) atoms. The number of carbonyl (C=O) groups is 2. The van der Waals surface area contributed by atoms with Gasteiger partial charge in [-0.1, -0.05) is 22.4 Å². The molecule has 1 fully saturated rings. The maximum atomic E-state index is 13.1. The average Bonchev–Trinajstić information content (AvgIpc) is 3.00. The van der Waals surface area contributed by atoms with Gasteiger partial charge < -0.3 is 14.7 Å². The Labute approximate surface area is 195 Å². The third-order valence-electron chi connectivity index (χ3n) is 5.53. The molecule has 3 heterocycles. The second-order valence-corrected chi connectivity index (χ2v) is 8.35. The number of aryl methyl sites for hydroxylation is 3. The highest BCUT2D eigenvalue weighted by Crippen LogP contribution is 2.20. The largest absolute Gasteiger partial charge is 0.490 e. The first-order valence-corrected chi connectivity index (χ1v) is 10.9. The third-order valence-corrected chi connectivity index (χ3v) is 5.53. The lowest BCUT2D eigenvalue weighted by Gasteiger charge is -2.26. The van der Waals surface area contributed by atoms with Crippen molar-refractivity contribution < 1.29 is 32.6 Å². The standard InChI is InChI=1S/C20H27N5O2.C2HF3O2/c1-15-10-16(2)12-17(11-15)20(26)24-4-3-5-25-19(14-24)18(21-22-25)13-23-6-8-27-9-7-23;3-2(4,5)1(6)7/h10-12H,3-9,13-14H2,1-2H3;(H,6,7). The molecule has 2 aromatic rings. The molecular formula is C22H28F3N5O4. The summed E-state index contributed by atoms with van der Waals surface area (Å²) in [6.07, 6.45) is -4.19. The van der Waals surface area contributed by atoms with E-state index in [1.807, 2.05) is 35.6 Å². The van der Waals surface area contributed by atoms with Gasteiger partial charge in [0.2, 0.25) is 0 Å². The Kier molecular flexibility index (Phi) is 8.26. The summed E-state index contributed by atoms with van der Waals surface area (Å²) in [5.41, 5.74) is 5.05. The Morgan fingerprint density at radius 3 is 2.26 bits per heavy atom. The highest BCUT2D eigenvalue weighted by Gasteiger charge is 2.38. The van der Waals surface area contributed by atoms with E-state index in [1.54, 1.807) is 0 Å². The number of rotatable bonds is 3. The lowest BCUT2D eigenvalue weighted by atomic mass is 10.1. The van der Waals surface area contributed by atoms with Gasteiger partial charge in [-0.2, -0.15) is 13.2 Å². The van der Waals surface area contributed by atoms with Crippen molar-refractivity contribution in [3.63, 3.8) is 0 Å². The van der Waals surface area contributed by atoms with Gasteiger partial charge in [0.05, 0.1) is 25.5 Å². The van der Waals surface area contributed by atoms with Crippen molar-refractivity contribution in [2.24, 2.45) is 0 Å². The van der Waals surface area contributed by atoms with E-state index in [1.165, 1.54) is 0 Å². The van der Waals surface area contributed by atoms with Crippen molar-refractivity contribution in [2.75, 3.05) is 32.8 Å². The second kappa shape index (κ2) is 11.0. The van der Waals surface area contributed by atoms with E-state index in [9.17, 15) is 18.0 Å². The molecule has 1 aromatic heterocycles. The SMILES string of the molecule is Cc1cc(C)cc(C(=O)N2CCCn3nnc(CN4CCOCC4)c3C2)c1.O=C(O)C(F)(F)F. The summed E-state index contributed by atoms with van der Waals surface area (Å²) in [5, 5.41) is 15.9. The van der Waals surface area contributed by atoms with Gasteiger partial charge in [0, 0.05) is 38.3 Å². The Morgan fingerprint density at radius 1 is 1.06 bits per heavy atom. The molecule has 2 aliphatic rings. The number of amides is 1. The second-order valence-electron chi connectivity index (χ2n) is 8.35.